The Morgan fingerprint density at radius 3 is 2.46 bits per heavy atom. The predicted molar refractivity (Wildman–Crippen MR) is 118 cm³/mol. The van der Waals surface area contributed by atoms with E-state index in [0.717, 1.165) is 38.5 Å². The van der Waals surface area contributed by atoms with Crippen molar-refractivity contribution in [1.29, 1.82) is 0 Å². The van der Waals surface area contributed by atoms with Gasteiger partial charge in [0.05, 0.1) is 10.6 Å². The summed E-state index contributed by atoms with van der Waals surface area (Å²) in [4.78, 5) is 26.6. The molecule has 0 radical (unpaired) electrons. The molecule has 1 aromatic rings. The maximum absolute atomic E-state index is 12.8. The molecule has 0 saturated heterocycles. The van der Waals surface area contributed by atoms with Crippen LogP contribution in [0.3, 0.4) is 0 Å². The molecule has 158 valence electrons. The highest BCUT2D eigenvalue weighted by Gasteiger charge is 2.24. The topological polar surface area (TPSA) is 75.4 Å². The number of nitrogens with one attached hydrogen (secondary N) is 1. The van der Waals surface area contributed by atoms with E-state index < -0.39 is 0 Å². The number of amides is 2. The minimum absolute atomic E-state index is 0. The standard InChI is InChI=1S/C21H32ClN3O2.ClH/c1-25(17-9-5-4-6-10-17)21(27)18-13-12-16(15-19(18)22)24-20(26)11-7-2-3-8-14-23;/h12-13,15,17H,2-11,14,23H2,1H3,(H,24,26);1H. The molecular weight excluding hydrogens is 397 g/mol. The number of hydrogen-bond acceptors (Lipinski definition) is 3. The summed E-state index contributed by atoms with van der Waals surface area (Å²) in [6.07, 6.45) is 10.1. The van der Waals surface area contributed by atoms with Crippen LogP contribution in [0.1, 0.15) is 74.6 Å². The van der Waals surface area contributed by atoms with Crippen LogP contribution in [0.4, 0.5) is 5.69 Å². The first-order valence-corrected chi connectivity index (χ1v) is 10.5. The van der Waals surface area contributed by atoms with Crippen molar-refractivity contribution in [2.75, 3.05) is 18.9 Å². The lowest BCUT2D eigenvalue weighted by atomic mass is 9.94. The van der Waals surface area contributed by atoms with Crippen LogP contribution in [0.2, 0.25) is 5.02 Å². The molecule has 1 aliphatic carbocycles. The van der Waals surface area contributed by atoms with Gasteiger partial charge in [0.1, 0.15) is 0 Å². The number of halogens is 2. The highest BCUT2D eigenvalue weighted by molar-refractivity contribution is 6.34. The lowest BCUT2D eigenvalue weighted by Gasteiger charge is -2.31. The molecular formula is C21H33Cl2N3O2. The van der Waals surface area contributed by atoms with E-state index in [1.54, 1.807) is 18.2 Å². The summed E-state index contributed by atoms with van der Waals surface area (Å²) >= 11 is 6.34. The number of nitrogens with zero attached hydrogens (tertiary/aromatic N) is 1. The van der Waals surface area contributed by atoms with Crippen LogP contribution >= 0.6 is 24.0 Å². The van der Waals surface area contributed by atoms with Crippen molar-refractivity contribution < 1.29 is 9.59 Å². The summed E-state index contributed by atoms with van der Waals surface area (Å²) in [5.41, 5.74) is 6.58. The zero-order valence-corrected chi connectivity index (χ0v) is 18.3. The maximum atomic E-state index is 12.8. The smallest absolute Gasteiger partial charge is 0.255 e. The van der Waals surface area contributed by atoms with Crippen molar-refractivity contribution in [2.24, 2.45) is 5.73 Å². The monoisotopic (exact) mass is 429 g/mol. The van der Waals surface area contributed by atoms with Gasteiger partial charge in [0.15, 0.2) is 0 Å². The molecule has 0 unspecified atom stereocenters. The normalized spacial score (nSPS) is 14.2. The van der Waals surface area contributed by atoms with Crippen LogP contribution in [0.5, 0.6) is 0 Å². The lowest BCUT2D eigenvalue weighted by Crippen LogP contribution is -2.38. The first kappa shape index (κ1) is 24.7. The Hall–Kier alpha value is -1.30. The number of hydrogen-bond donors (Lipinski definition) is 2. The number of unbranched alkanes of at least 4 members (excludes halogenated alkanes) is 3. The van der Waals surface area contributed by atoms with Crippen LogP contribution in [0.25, 0.3) is 0 Å². The molecule has 28 heavy (non-hydrogen) atoms. The first-order chi connectivity index (χ1) is 13.0. The highest BCUT2D eigenvalue weighted by atomic mass is 35.5. The van der Waals surface area contributed by atoms with E-state index in [4.69, 9.17) is 17.3 Å². The molecule has 7 heteroatoms. The van der Waals surface area contributed by atoms with Gasteiger partial charge >= 0.3 is 0 Å². The summed E-state index contributed by atoms with van der Waals surface area (Å²) in [7, 11) is 1.86. The third-order valence-electron chi connectivity index (χ3n) is 5.28. The van der Waals surface area contributed by atoms with Crippen molar-refractivity contribution >= 4 is 41.5 Å². The van der Waals surface area contributed by atoms with Crippen molar-refractivity contribution in [3.8, 4) is 0 Å². The minimum atomic E-state index is -0.0512. The molecule has 0 heterocycles. The fourth-order valence-electron chi connectivity index (χ4n) is 3.60. The Labute approximate surface area is 179 Å². The minimum Gasteiger partial charge on any atom is -0.339 e. The Kier molecular flexibility index (Phi) is 11.5. The molecule has 3 N–H and O–H groups in total. The summed E-state index contributed by atoms with van der Waals surface area (Å²) in [6.45, 7) is 0.700. The zero-order chi connectivity index (χ0) is 19.6. The Morgan fingerprint density at radius 2 is 1.82 bits per heavy atom. The quantitative estimate of drug-likeness (QED) is 0.541. The second-order valence-electron chi connectivity index (χ2n) is 7.40. The van der Waals surface area contributed by atoms with Crippen molar-refractivity contribution in [3.63, 3.8) is 0 Å². The maximum Gasteiger partial charge on any atom is 0.255 e. The number of benzene rings is 1. The molecule has 2 rings (SSSR count). The zero-order valence-electron chi connectivity index (χ0n) is 16.7. The largest absolute Gasteiger partial charge is 0.339 e. The van der Waals surface area contributed by atoms with E-state index in [-0.39, 0.29) is 24.2 Å². The fraction of sp³-hybridized carbons (Fsp3) is 0.619. The van der Waals surface area contributed by atoms with Crippen molar-refractivity contribution in [1.82, 2.24) is 4.90 Å². The molecule has 1 saturated carbocycles. The van der Waals surface area contributed by atoms with E-state index in [1.807, 2.05) is 11.9 Å². The number of nitrogens with two attached hydrogens (primary N) is 1. The summed E-state index contributed by atoms with van der Waals surface area (Å²) in [5, 5.41) is 3.24. The number of carbonyl (C=O) groups is 2. The van der Waals surface area contributed by atoms with Crippen LogP contribution in [-0.4, -0.2) is 36.3 Å². The molecule has 1 aromatic carbocycles. The van der Waals surface area contributed by atoms with Gasteiger partial charge < -0.3 is 16.0 Å². The fourth-order valence-corrected chi connectivity index (χ4v) is 3.86. The molecule has 5 nitrogen and oxygen atoms in total. The molecule has 1 fully saturated rings. The van der Waals surface area contributed by atoms with Crippen molar-refractivity contribution in [3.05, 3.63) is 28.8 Å². The summed E-state index contributed by atoms with van der Waals surface area (Å²) in [6, 6.07) is 5.41. The van der Waals surface area contributed by atoms with E-state index in [0.29, 0.717) is 35.3 Å². The average molecular weight is 430 g/mol. The van der Waals surface area contributed by atoms with Gasteiger partial charge in [-0.15, -0.1) is 12.4 Å². The van der Waals surface area contributed by atoms with Crippen LogP contribution in [-0.2, 0) is 4.79 Å². The second kappa shape index (κ2) is 13.0. The molecule has 0 atom stereocenters. The molecule has 0 bridgehead atoms. The number of rotatable bonds is 9. The molecule has 2 amide bonds. The second-order valence-corrected chi connectivity index (χ2v) is 7.81. The Bertz CT molecular complexity index is 634. The Morgan fingerprint density at radius 1 is 1.14 bits per heavy atom. The van der Waals surface area contributed by atoms with Crippen molar-refractivity contribution in [2.45, 2.75) is 70.3 Å². The third-order valence-corrected chi connectivity index (χ3v) is 5.60. The van der Waals surface area contributed by atoms with E-state index in [1.165, 1.54) is 19.3 Å². The van der Waals surface area contributed by atoms with Gasteiger partial charge in [0.25, 0.3) is 5.91 Å². The van der Waals surface area contributed by atoms with Gasteiger partial charge in [-0.1, -0.05) is 43.7 Å². The first-order valence-electron chi connectivity index (χ1n) is 10.1. The molecule has 0 aromatic heterocycles. The van der Waals surface area contributed by atoms with Gasteiger partial charge in [-0.2, -0.15) is 0 Å². The number of anilines is 1. The van der Waals surface area contributed by atoms with Gasteiger partial charge in [0.2, 0.25) is 5.91 Å². The third kappa shape index (κ3) is 7.61. The van der Waals surface area contributed by atoms with Gasteiger partial charge in [-0.05, 0) is 50.4 Å². The van der Waals surface area contributed by atoms with Crippen LogP contribution < -0.4 is 11.1 Å². The van der Waals surface area contributed by atoms with E-state index >= 15 is 0 Å². The summed E-state index contributed by atoms with van der Waals surface area (Å²) < 4.78 is 0. The van der Waals surface area contributed by atoms with Gasteiger partial charge in [0, 0.05) is 25.2 Å². The van der Waals surface area contributed by atoms with Gasteiger partial charge in [-0.3, -0.25) is 9.59 Å². The Balaban J connectivity index is 0.00000392. The van der Waals surface area contributed by atoms with E-state index in [9.17, 15) is 9.59 Å². The number of carbonyl (C=O) groups excluding carboxylic acids is 2. The van der Waals surface area contributed by atoms with Crippen LogP contribution in [0, 0.1) is 0 Å². The predicted octanol–water partition coefficient (Wildman–Crippen LogP) is 5.01. The lowest BCUT2D eigenvalue weighted by molar-refractivity contribution is -0.116. The van der Waals surface area contributed by atoms with E-state index in [2.05, 4.69) is 5.32 Å². The summed E-state index contributed by atoms with van der Waals surface area (Å²) in [5.74, 6) is -0.0816. The highest BCUT2D eigenvalue weighted by Crippen LogP contribution is 2.26. The molecule has 0 spiro atoms. The van der Waals surface area contributed by atoms with Crippen LogP contribution in [0.15, 0.2) is 18.2 Å². The SMILES string of the molecule is CN(C(=O)c1ccc(NC(=O)CCCCCCN)cc1Cl)C1CCCCC1.Cl. The molecule has 0 aliphatic heterocycles. The molecule has 1 aliphatic rings. The van der Waals surface area contributed by atoms with Gasteiger partial charge in [-0.25, -0.2) is 0 Å². The average Bonchev–Trinajstić information content (AvgIpc) is 2.67.